The average Bonchev–Trinajstić information content (AvgIpc) is 2.48. The van der Waals surface area contributed by atoms with Crippen LogP contribution in [0, 0.1) is 11.8 Å². The van der Waals surface area contributed by atoms with Crippen molar-refractivity contribution >= 4 is 11.8 Å². The predicted molar refractivity (Wildman–Crippen MR) is 93.4 cm³/mol. The normalized spacial score (nSPS) is 21.4. The van der Waals surface area contributed by atoms with Crippen LogP contribution in [-0.4, -0.2) is 40.6 Å². The van der Waals surface area contributed by atoms with Gasteiger partial charge >= 0.3 is 0 Å². The lowest BCUT2D eigenvalue weighted by atomic mass is 9.80. The minimum absolute atomic E-state index is 0.212. The Hall–Kier alpha value is 0.270. The zero-order valence-electron chi connectivity index (χ0n) is 14.5. The Morgan fingerprint density at radius 3 is 2.10 bits per heavy atom. The first-order valence-corrected chi connectivity index (χ1v) is 9.28. The molecule has 0 aromatic heterocycles. The van der Waals surface area contributed by atoms with Gasteiger partial charge in [0.25, 0.3) is 0 Å². The number of rotatable bonds is 6. The highest BCUT2D eigenvalue weighted by atomic mass is 32.2. The van der Waals surface area contributed by atoms with Gasteiger partial charge in [0, 0.05) is 35.7 Å². The molecule has 0 aromatic carbocycles. The minimum Gasteiger partial charge on any atom is -0.329 e. The lowest BCUT2D eigenvalue weighted by Crippen LogP contribution is -2.56. The van der Waals surface area contributed by atoms with Gasteiger partial charge in [0.05, 0.1) is 0 Å². The van der Waals surface area contributed by atoms with E-state index >= 15 is 0 Å². The molecular weight excluding hydrogens is 264 g/mol. The second-order valence-electron chi connectivity index (χ2n) is 7.97. The summed E-state index contributed by atoms with van der Waals surface area (Å²) in [6.07, 6.45) is 3.73. The van der Waals surface area contributed by atoms with Gasteiger partial charge in [-0.05, 0) is 31.1 Å². The molecule has 0 spiro atoms. The maximum atomic E-state index is 6.31. The number of hydrogen-bond donors (Lipinski definition) is 1. The minimum atomic E-state index is 0.212. The van der Waals surface area contributed by atoms with Crippen molar-refractivity contribution in [3.8, 4) is 0 Å². The predicted octanol–water partition coefficient (Wildman–Crippen LogP) is 3.99. The fourth-order valence-electron chi connectivity index (χ4n) is 3.65. The van der Waals surface area contributed by atoms with Crippen LogP contribution in [0.4, 0.5) is 0 Å². The SMILES string of the molecule is CC(C)CC(CN)(CC(C)C)N1CCSC(C)(C)CC1. The summed E-state index contributed by atoms with van der Waals surface area (Å²) in [6.45, 7) is 17.3. The van der Waals surface area contributed by atoms with Crippen LogP contribution in [0.1, 0.15) is 60.8 Å². The van der Waals surface area contributed by atoms with Gasteiger partial charge in [-0.15, -0.1) is 0 Å². The van der Waals surface area contributed by atoms with Crippen LogP contribution in [0.25, 0.3) is 0 Å². The van der Waals surface area contributed by atoms with Crippen LogP contribution in [0.5, 0.6) is 0 Å². The molecule has 0 atom stereocenters. The Morgan fingerprint density at radius 2 is 1.65 bits per heavy atom. The molecule has 0 bridgehead atoms. The van der Waals surface area contributed by atoms with Crippen molar-refractivity contribution in [1.82, 2.24) is 4.90 Å². The Balaban J connectivity index is 2.90. The highest BCUT2D eigenvalue weighted by molar-refractivity contribution is 8.00. The Labute approximate surface area is 131 Å². The molecule has 0 amide bonds. The molecule has 1 aliphatic rings. The third-order valence-electron chi connectivity index (χ3n) is 4.46. The maximum absolute atomic E-state index is 6.31. The molecule has 0 radical (unpaired) electrons. The summed E-state index contributed by atoms with van der Waals surface area (Å²) in [4.78, 5) is 2.73. The summed E-state index contributed by atoms with van der Waals surface area (Å²) in [5.41, 5.74) is 6.52. The van der Waals surface area contributed by atoms with Crippen molar-refractivity contribution < 1.29 is 0 Å². The average molecular weight is 301 g/mol. The van der Waals surface area contributed by atoms with Gasteiger partial charge in [0.2, 0.25) is 0 Å². The summed E-state index contributed by atoms with van der Waals surface area (Å²) < 4.78 is 0.421. The molecule has 2 nitrogen and oxygen atoms in total. The van der Waals surface area contributed by atoms with Crippen molar-refractivity contribution in [2.24, 2.45) is 17.6 Å². The monoisotopic (exact) mass is 300 g/mol. The van der Waals surface area contributed by atoms with Gasteiger partial charge in [-0.25, -0.2) is 0 Å². The second kappa shape index (κ2) is 7.51. The van der Waals surface area contributed by atoms with Crippen molar-refractivity contribution in [3.63, 3.8) is 0 Å². The lowest BCUT2D eigenvalue weighted by Gasteiger charge is -2.45. The van der Waals surface area contributed by atoms with Gasteiger partial charge in [-0.3, -0.25) is 4.90 Å². The maximum Gasteiger partial charge on any atom is 0.0336 e. The standard InChI is InChI=1S/C17H36N2S/c1-14(2)11-17(13-18,12-15(3)4)19-8-7-16(5,6)20-10-9-19/h14-15H,7-13,18H2,1-6H3. The molecule has 3 heteroatoms. The van der Waals surface area contributed by atoms with Gasteiger partial charge < -0.3 is 5.73 Å². The molecule has 0 saturated carbocycles. The van der Waals surface area contributed by atoms with E-state index in [1.54, 1.807) is 0 Å². The van der Waals surface area contributed by atoms with Crippen LogP contribution in [-0.2, 0) is 0 Å². The summed E-state index contributed by atoms with van der Waals surface area (Å²) in [5.74, 6) is 2.66. The largest absolute Gasteiger partial charge is 0.329 e. The molecule has 20 heavy (non-hydrogen) atoms. The van der Waals surface area contributed by atoms with E-state index in [-0.39, 0.29) is 5.54 Å². The summed E-state index contributed by atoms with van der Waals surface area (Å²) in [7, 11) is 0. The molecule has 1 rings (SSSR count). The summed E-state index contributed by atoms with van der Waals surface area (Å²) in [5, 5.41) is 0. The molecule has 2 N–H and O–H groups in total. The van der Waals surface area contributed by atoms with E-state index in [9.17, 15) is 0 Å². The van der Waals surface area contributed by atoms with E-state index in [0.717, 1.165) is 6.54 Å². The van der Waals surface area contributed by atoms with Gasteiger partial charge in [-0.2, -0.15) is 11.8 Å². The molecule has 0 aromatic rings. The highest BCUT2D eigenvalue weighted by Crippen LogP contribution is 2.36. The van der Waals surface area contributed by atoms with Crippen LogP contribution >= 0.6 is 11.8 Å². The first-order valence-electron chi connectivity index (χ1n) is 8.30. The van der Waals surface area contributed by atoms with Crippen LogP contribution < -0.4 is 5.73 Å². The van der Waals surface area contributed by atoms with Crippen molar-refractivity contribution in [1.29, 1.82) is 0 Å². The van der Waals surface area contributed by atoms with Crippen molar-refractivity contribution in [2.45, 2.75) is 71.1 Å². The molecule has 120 valence electrons. The zero-order valence-corrected chi connectivity index (χ0v) is 15.4. The van der Waals surface area contributed by atoms with Crippen LogP contribution in [0.2, 0.25) is 0 Å². The Morgan fingerprint density at radius 1 is 1.10 bits per heavy atom. The quantitative estimate of drug-likeness (QED) is 0.804. The topological polar surface area (TPSA) is 29.3 Å². The van der Waals surface area contributed by atoms with Gasteiger partial charge in [0.15, 0.2) is 0 Å². The van der Waals surface area contributed by atoms with Gasteiger partial charge in [0.1, 0.15) is 0 Å². The highest BCUT2D eigenvalue weighted by Gasteiger charge is 2.38. The first-order chi connectivity index (χ1) is 9.21. The molecule has 1 heterocycles. The van der Waals surface area contributed by atoms with E-state index in [0.29, 0.717) is 16.6 Å². The Bertz CT molecular complexity index is 277. The Kier molecular flexibility index (Phi) is 6.88. The fourth-order valence-corrected chi connectivity index (χ4v) is 4.75. The molecule has 1 saturated heterocycles. The number of thioether (sulfide) groups is 1. The smallest absolute Gasteiger partial charge is 0.0336 e. The number of hydrogen-bond acceptors (Lipinski definition) is 3. The summed E-state index contributed by atoms with van der Waals surface area (Å²) in [6, 6.07) is 0. The van der Waals surface area contributed by atoms with Crippen molar-refractivity contribution in [2.75, 3.05) is 25.4 Å². The molecule has 1 fully saturated rings. The third-order valence-corrected chi connectivity index (χ3v) is 5.84. The summed E-state index contributed by atoms with van der Waals surface area (Å²) >= 11 is 2.13. The van der Waals surface area contributed by atoms with Crippen LogP contribution in [0.15, 0.2) is 0 Å². The fraction of sp³-hybridized carbons (Fsp3) is 1.00. The first kappa shape index (κ1) is 18.3. The van der Waals surface area contributed by atoms with E-state index in [2.05, 4.69) is 58.2 Å². The number of nitrogens with two attached hydrogens (primary N) is 1. The van der Waals surface area contributed by atoms with E-state index in [1.165, 1.54) is 38.1 Å². The zero-order chi connectivity index (χ0) is 15.4. The van der Waals surface area contributed by atoms with E-state index < -0.39 is 0 Å². The van der Waals surface area contributed by atoms with E-state index in [1.807, 2.05) is 0 Å². The van der Waals surface area contributed by atoms with Crippen LogP contribution in [0.3, 0.4) is 0 Å². The lowest BCUT2D eigenvalue weighted by molar-refractivity contribution is 0.0579. The van der Waals surface area contributed by atoms with Crippen molar-refractivity contribution in [3.05, 3.63) is 0 Å². The molecular formula is C17H36N2S. The molecule has 0 unspecified atom stereocenters. The third kappa shape index (κ3) is 5.23. The van der Waals surface area contributed by atoms with Gasteiger partial charge in [-0.1, -0.05) is 41.5 Å². The van der Waals surface area contributed by atoms with E-state index in [4.69, 9.17) is 5.73 Å². The molecule has 0 aliphatic carbocycles. The molecule has 1 aliphatic heterocycles. The number of nitrogens with zero attached hydrogens (tertiary/aromatic N) is 1. The second-order valence-corrected chi connectivity index (χ2v) is 9.77.